The monoisotopic (exact) mass is 460 g/mol. The second kappa shape index (κ2) is 7.29. The molecular weight excluding hydrogens is 444 g/mol. The third-order valence-electron chi connectivity index (χ3n) is 5.74. The molecule has 3 heteroatoms. The van der Waals surface area contributed by atoms with Gasteiger partial charge < -0.3 is 0 Å². The molecule has 5 aromatic carbocycles. The first kappa shape index (κ1) is 18.2. The molecule has 146 valence electrons. The lowest BCUT2D eigenvalue weighted by Gasteiger charge is -2.12. The molecule has 0 saturated carbocycles. The van der Waals surface area contributed by atoms with Crippen LogP contribution in [-0.4, -0.2) is 9.97 Å². The number of hydrogen-bond acceptors (Lipinski definition) is 2. The average molecular weight is 461 g/mol. The molecule has 0 unspecified atom stereocenters. The molecule has 31 heavy (non-hydrogen) atoms. The molecule has 0 bridgehead atoms. The highest BCUT2D eigenvalue weighted by Gasteiger charge is 2.14. The van der Waals surface area contributed by atoms with Crippen molar-refractivity contribution in [1.82, 2.24) is 9.97 Å². The van der Waals surface area contributed by atoms with Gasteiger partial charge in [0.15, 0.2) is 5.82 Å². The van der Waals surface area contributed by atoms with Crippen molar-refractivity contribution in [3.8, 4) is 22.6 Å². The quantitative estimate of drug-likeness (QED) is 0.261. The second-order valence-corrected chi connectivity index (χ2v) is 8.47. The highest BCUT2D eigenvalue weighted by Crippen LogP contribution is 2.36. The van der Waals surface area contributed by atoms with Gasteiger partial charge in [-0.05, 0) is 39.7 Å². The molecular formula is C28H17BrN2. The molecule has 2 nitrogen and oxygen atoms in total. The normalized spacial score (nSPS) is 11.4. The Balaban J connectivity index is 1.66. The van der Waals surface area contributed by atoms with Crippen LogP contribution in [-0.2, 0) is 0 Å². The number of benzene rings is 5. The first-order valence-corrected chi connectivity index (χ1v) is 11.0. The van der Waals surface area contributed by atoms with E-state index in [4.69, 9.17) is 9.97 Å². The summed E-state index contributed by atoms with van der Waals surface area (Å²) >= 11 is 3.69. The Morgan fingerprint density at radius 2 is 1.26 bits per heavy atom. The second-order valence-electron chi connectivity index (χ2n) is 7.62. The first-order valence-electron chi connectivity index (χ1n) is 10.2. The molecule has 0 aliphatic heterocycles. The highest BCUT2D eigenvalue weighted by atomic mass is 79.9. The molecule has 0 aliphatic carbocycles. The number of nitrogens with zero attached hydrogens (tertiary/aromatic N) is 2. The largest absolute Gasteiger partial charge is 0.228 e. The third kappa shape index (κ3) is 3.09. The van der Waals surface area contributed by atoms with Crippen molar-refractivity contribution >= 4 is 48.4 Å². The van der Waals surface area contributed by atoms with E-state index >= 15 is 0 Å². The zero-order valence-corrected chi connectivity index (χ0v) is 18.2. The Bertz CT molecular complexity index is 1600. The number of aromatic nitrogens is 2. The minimum atomic E-state index is 0.742. The van der Waals surface area contributed by atoms with Crippen LogP contribution in [0.3, 0.4) is 0 Å². The highest BCUT2D eigenvalue weighted by molar-refractivity contribution is 9.10. The lowest BCUT2D eigenvalue weighted by atomic mass is 9.99. The van der Waals surface area contributed by atoms with Crippen LogP contribution in [0.1, 0.15) is 0 Å². The maximum absolute atomic E-state index is 5.10. The first-order chi connectivity index (χ1) is 15.3. The number of fused-ring (bicyclic) bond motifs is 3. The number of halogens is 1. The van der Waals surface area contributed by atoms with E-state index in [1.54, 1.807) is 0 Å². The van der Waals surface area contributed by atoms with Gasteiger partial charge in [0.1, 0.15) is 0 Å². The van der Waals surface area contributed by atoms with Crippen molar-refractivity contribution < 1.29 is 0 Å². The van der Waals surface area contributed by atoms with E-state index in [0.29, 0.717) is 0 Å². The topological polar surface area (TPSA) is 25.8 Å². The maximum Gasteiger partial charge on any atom is 0.160 e. The zero-order chi connectivity index (χ0) is 20.8. The predicted molar refractivity (Wildman–Crippen MR) is 133 cm³/mol. The maximum atomic E-state index is 5.10. The van der Waals surface area contributed by atoms with Crippen LogP contribution in [0.5, 0.6) is 0 Å². The summed E-state index contributed by atoms with van der Waals surface area (Å²) in [6, 6.07) is 35.7. The summed E-state index contributed by atoms with van der Waals surface area (Å²) in [6.45, 7) is 0. The number of para-hydroxylation sites is 1. The van der Waals surface area contributed by atoms with Crippen molar-refractivity contribution in [1.29, 1.82) is 0 Å². The predicted octanol–water partition coefficient (Wildman–Crippen LogP) is 8.03. The fourth-order valence-corrected chi connectivity index (χ4v) is 4.69. The van der Waals surface area contributed by atoms with E-state index in [-0.39, 0.29) is 0 Å². The minimum Gasteiger partial charge on any atom is -0.228 e. The summed E-state index contributed by atoms with van der Waals surface area (Å²) < 4.78 is 1.08. The smallest absolute Gasteiger partial charge is 0.160 e. The van der Waals surface area contributed by atoms with Crippen LogP contribution in [0, 0.1) is 0 Å². The van der Waals surface area contributed by atoms with Gasteiger partial charge in [-0.3, -0.25) is 0 Å². The summed E-state index contributed by atoms with van der Waals surface area (Å²) in [5.41, 5.74) is 4.03. The summed E-state index contributed by atoms with van der Waals surface area (Å²) in [6.07, 6.45) is 0. The van der Waals surface area contributed by atoms with Gasteiger partial charge in [0.05, 0.1) is 11.2 Å². The molecule has 0 amide bonds. The minimum absolute atomic E-state index is 0.742. The Hall–Kier alpha value is -3.56. The molecule has 0 saturated heterocycles. The molecule has 6 aromatic rings. The lowest BCUT2D eigenvalue weighted by Crippen LogP contribution is -1.96. The fourth-order valence-electron chi connectivity index (χ4n) is 4.21. The van der Waals surface area contributed by atoms with Gasteiger partial charge in [-0.1, -0.05) is 101 Å². The fraction of sp³-hybridized carbons (Fsp3) is 0. The molecule has 0 aliphatic rings. The lowest BCUT2D eigenvalue weighted by molar-refractivity contribution is 1.23. The van der Waals surface area contributed by atoms with Crippen molar-refractivity contribution in [2.24, 2.45) is 0 Å². The van der Waals surface area contributed by atoms with Crippen LogP contribution >= 0.6 is 15.9 Å². The van der Waals surface area contributed by atoms with Crippen LogP contribution in [0.4, 0.5) is 0 Å². The van der Waals surface area contributed by atoms with Crippen LogP contribution in [0.25, 0.3) is 55.1 Å². The van der Waals surface area contributed by atoms with E-state index in [2.05, 4.69) is 107 Å². The van der Waals surface area contributed by atoms with Crippen LogP contribution < -0.4 is 0 Å². The van der Waals surface area contributed by atoms with Crippen molar-refractivity contribution in [2.45, 2.75) is 0 Å². The van der Waals surface area contributed by atoms with Gasteiger partial charge in [-0.2, -0.15) is 0 Å². The van der Waals surface area contributed by atoms with E-state index < -0.39 is 0 Å². The summed E-state index contributed by atoms with van der Waals surface area (Å²) in [4.78, 5) is 10.0. The van der Waals surface area contributed by atoms with Crippen LogP contribution in [0.15, 0.2) is 108 Å². The molecule has 1 aromatic heterocycles. The standard InChI is InChI=1S/C28H17BrN2/c29-25-16-15-23(21-9-3-4-10-22(21)25)27-24-11-5-6-12-26(24)30-28(31-27)20-14-13-18-7-1-2-8-19(18)17-20/h1-17H. The van der Waals surface area contributed by atoms with Crippen molar-refractivity contribution in [3.05, 3.63) is 108 Å². The number of rotatable bonds is 2. The van der Waals surface area contributed by atoms with E-state index in [0.717, 1.165) is 38.0 Å². The average Bonchev–Trinajstić information content (AvgIpc) is 2.83. The molecule has 0 atom stereocenters. The third-order valence-corrected chi connectivity index (χ3v) is 6.43. The Labute approximate surface area is 188 Å². The van der Waals surface area contributed by atoms with Gasteiger partial charge in [0.25, 0.3) is 0 Å². The molecule has 0 radical (unpaired) electrons. The zero-order valence-electron chi connectivity index (χ0n) is 16.6. The summed E-state index contributed by atoms with van der Waals surface area (Å²) in [5, 5.41) is 5.80. The molecule has 0 fully saturated rings. The summed E-state index contributed by atoms with van der Waals surface area (Å²) in [5.74, 6) is 0.742. The molecule has 6 rings (SSSR count). The van der Waals surface area contributed by atoms with Gasteiger partial charge >= 0.3 is 0 Å². The van der Waals surface area contributed by atoms with Gasteiger partial charge in [-0.15, -0.1) is 0 Å². The Morgan fingerprint density at radius 1 is 0.548 bits per heavy atom. The van der Waals surface area contributed by atoms with Gasteiger partial charge in [0, 0.05) is 21.0 Å². The molecule has 1 heterocycles. The van der Waals surface area contributed by atoms with Gasteiger partial charge in [0.2, 0.25) is 0 Å². The van der Waals surface area contributed by atoms with Crippen LogP contribution in [0.2, 0.25) is 0 Å². The SMILES string of the molecule is Brc1ccc(-c2nc(-c3ccc4ccccc4c3)nc3ccccc23)c2ccccc12. The molecule has 0 N–H and O–H groups in total. The number of hydrogen-bond donors (Lipinski definition) is 0. The van der Waals surface area contributed by atoms with Gasteiger partial charge in [-0.25, -0.2) is 9.97 Å². The molecule has 0 spiro atoms. The summed E-state index contributed by atoms with van der Waals surface area (Å²) in [7, 11) is 0. The van der Waals surface area contributed by atoms with Crippen molar-refractivity contribution in [2.75, 3.05) is 0 Å². The Morgan fingerprint density at radius 3 is 2.13 bits per heavy atom. The van der Waals surface area contributed by atoms with E-state index in [9.17, 15) is 0 Å². The van der Waals surface area contributed by atoms with Crippen molar-refractivity contribution in [3.63, 3.8) is 0 Å². The van der Waals surface area contributed by atoms with E-state index in [1.807, 2.05) is 12.1 Å². The Kier molecular flexibility index (Phi) is 4.29. The van der Waals surface area contributed by atoms with E-state index in [1.165, 1.54) is 21.5 Å².